The lowest BCUT2D eigenvalue weighted by Gasteiger charge is -2.11. The van der Waals surface area contributed by atoms with E-state index in [1.165, 1.54) is 30.1 Å². The van der Waals surface area contributed by atoms with Crippen LogP contribution in [0.25, 0.3) is 10.8 Å². The maximum Gasteiger partial charge on any atom is 0.339 e. The maximum absolute atomic E-state index is 12.9. The van der Waals surface area contributed by atoms with Gasteiger partial charge in [0.25, 0.3) is 0 Å². The van der Waals surface area contributed by atoms with Crippen LogP contribution in [0.4, 0.5) is 0 Å². The number of carbonyl (C=O) groups excluding carboxylic acids is 1. The minimum atomic E-state index is -4.04. The van der Waals surface area contributed by atoms with Crippen molar-refractivity contribution in [3.63, 3.8) is 0 Å². The minimum absolute atomic E-state index is 0.0613. The van der Waals surface area contributed by atoms with Crippen molar-refractivity contribution in [2.45, 2.75) is 29.9 Å². The molecule has 0 saturated carbocycles. The lowest BCUT2D eigenvalue weighted by atomic mass is 10.0. The number of carbonyl (C=O) groups is 1. The van der Waals surface area contributed by atoms with E-state index in [4.69, 9.17) is 4.18 Å². The molecule has 4 rings (SSSR count). The van der Waals surface area contributed by atoms with Crippen molar-refractivity contribution in [1.29, 1.82) is 0 Å². The molecule has 1 heterocycles. The Kier molecular flexibility index (Phi) is 7.35. The van der Waals surface area contributed by atoms with Gasteiger partial charge < -0.3 is 9.50 Å². The highest BCUT2D eigenvalue weighted by atomic mass is 127. The largest absolute Gasteiger partial charge is 0.378 e. The number of amides is 1. The molecule has 170 valence electrons. The van der Waals surface area contributed by atoms with Gasteiger partial charge in [0.1, 0.15) is 4.90 Å². The van der Waals surface area contributed by atoms with E-state index in [0.717, 1.165) is 27.2 Å². The van der Waals surface area contributed by atoms with Gasteiger partial charge >= 0.3 is 10.1 Å². The molecule has 0 aliphatic carbocycles. The number of halogens is 1. The fourth-order valence-electron chi connectivity index (χ4n) is 3.29. The lowest BCUT2D eigenvalue weighted by Crippen LogP contribution is -2.24. The molecule has 1 aliphatic heterocycles. The highest BCUT2D eigenvalue weighted by Gasteiger charge is 2.29. The highest BCUT2D eigenvalue weighted by molar-refractivity contribution is 14.1. The molecule has 1 aliphatic rings. The normalized spacial score (nSPS) is 17.7. The first-order chi connectivity index (χ1) is 15.9. The molecule has 1 unspecified atom stereocenters. The van der Waals surface area contributed by atoms with Crippen molar-refractivity contribution in [1.82, 2.24) is 5.32 Å². The first-order valence-corrected chi connectivity index (χ1v) is 13.5. The van der Waals surface area contributed by atoms with E-state index < -0.39 is 10.1 Å². The summed E-state index contributed by atoms with van der Waals surface area (Å²) in [5.74, 6) is 0.0665. The van der Waals surface area contributed by atoms with Crippen LogP contribution in [0, 0.1) is 3.57 Å². The molecule has 0 aromatic heterocycles. The fourth-order valence-corrected chi connectivity index (χ4v) is 5.64. The topological polar surface area (TPSA) is 97.2 Å². The molecule has 0 radical (unpaired) electrons. The standard InChI is InChI=1S/C23H20IN3O4S2/c1-2-5-21-22(28)26-23(32-21)27-25-14-19-18-7-4-3-6-15(18)8-13-20(19)31-33(29,30)17-11-9-16(24)10-12-17/h3-4,6-14,21H,2,5H2,1H3,(H,26,27,28). The number of hydrogen-bond acceptors (Lipinski definition) is 7. The molecule has 0 spiro atoms. The minimum Gasteiger partial charge on any atom is -0.378 e. The van der Waals surface area contributed by atoms with Crippen LogP contribution in [0.1, 0.15) is 25.3 Å². The molecule has 1 amide bonds. The summed E-state index contributed by atoms with van der Waals surface area (Å²) in [6, 6.07) is 17.3. The van der Waals surface area contributed by atoms with Crippen LogP contribution < -0.4 is 9.50 Å². The number of nitrogens with zero attached hydrogens (tertiary/aromatic N) is 2. The molecule has 1 atom stereocenters. The first-order valence-electron chi connectivity index (χ1n) is 10.2. The molecule has 1 saturated heterocycles. The molecular weight excluding hydrogens is 573 g/mol. The molecule has 3 aromatic rings. The molecule has 33 heavy (non-hydrogen) atoms. The fraction of sp³-hybridized carbons (Fsp3) is 0.174. The van der Waals surface area contributed by atoms with Crippen LogP contribution >= 0.6 is 34.4 Å². The molecule has 10 heteroatoms. The third-order valence-corrected chi connectivity index (χ3v) is 8.00. The van der Waals surface area contributed by atoms with Gasteiger partial charge in [0.2, 0.25) is 5.91 Å². The average molecular weight is 593 g/mol. The lowest BCUT2D eigenvalue weighted by molar-refractivity contribution is -0.118. The summed E-state index contributed by atoms with van der Waals surface area (Å²) in [5.41, 5.74) is 0.478. The Morgan fingerprint density at radius 1 is 1.12 bits per heavy atom. The van der Waals surface area contributed by atoms with Crippen molar-refractivity contribution in [2.24, 2.45) is 10.2 Å². The van der Waals surface area contributed by atoms with E-state index in [9.17, 15) is 13.2 Å². The van der Waals surface area contributed by atoms with Crippen molar-refractivity contribution in [3.05, 3.63) is 69.8 Å². The quantitative estimate of drug-likeness (QED) is 0.181. The van der Waals surface area contributed by atoms with E-state index in [0.29, 0.717) is 10.7 Å². The summed E-state index contributed by atoms with van der Waals surface area (Å²) in [4.78, 5) is 12.1. The second kappa shape index (κ2) is 10.2. The van der Waals surface area contributed by atoms with Crippen LogP contribution in [0.2, 0.25) is 0 Å². The van der Waals surface area contributed by atoms with Crippen LogP contribution in [0.3, 0.4) is 0 Å². The van der Waals surface area contributed by atoms with Gasteiger partial charge in [-0.3, -0.25) is 4.79 Å². The number of hydrogen-bond donors (Lipinski definition) is 1. The van der Waals surface area contributed by atoms with E-state index in [2.05, 4.69) is 38.1 Å². The van der Waals surface area contributed by atoms with Crippen LogP contribution in [-0.4, -0.2) is 31.0 Å². The Bertz CT molecular complexity index is 1360. The van der Waals surface area contributed by atoms with Gasteiger partial charge in [-0.05, 0) is 70.1 Å². The monoisotopic (exact) mass is 593 g/mol. The summed E-state index contributed by atoms with van der Waals surface area (Å²) in [6.07, 6.45) is 3.11. The Hall–Kier alpha value is -2.44. The molecular formula is C23H20IN3O4S2. The van der Waals surface area contributed by atoms with Gasteiger partial charge in [-0.2, -0.15) is 13.5 Å². The summed E-state index contributed by atoms with van der Waals surface area (Å²) >= 11 is 3.45. The Balaban J connectivity index is 1.67. The van der Waals surface area contributed by atoms with Gasteiger partial charge in [-0.25, -0.2) is 0 Å². The molecule has 3 aromatic carbocycles. The highest BCUT2D eigenvalue weighted by Crippen LogP contribution is 2.30. The molecule has 7 nitrogen and oxygen atoms in total. The van der Waals surface area contributed by atoms with Gasteiger partial charge in [0.05, 0.1) is 11.5 Å². The second-order valence-electron chi connectivity index (χ2n) is 7.22. The predicted molar refractivity (Wildman–Crippen MR) is 140 cm³/mol. The zero-order valence-electron chi connectivity index (χ0n) is 17.6. The van der Waals surface area contributed by atoms with Gasteiger partial charge in [0, 0.05) is 9.13 Å². The van der Waals surface area contributed by atoms with Crippen molar-refractivity contribution < 1.29 is 17.4 Å². The van der Waals surface area contributed by atoms with Gasteiger partial charge in [-0.1, -0.05) is 55.4 Å². The van der Waals surface area contributed by atoms with Crippen molar-refractivity contribution in [2.75, 3.05) is 0 Å². The van der Waals surface area contributed by atoms with E-state index in [-0.39, 0.29) is 21.8 Å². The first kappa shape index (κ1) is 23.7. The zero-order chi connectivity index (χ0) is 23.4. The smallest absolute Gasteiger partial charge is 0.339 e. The van der Waals surface area contributed by atoms with Gasteiger partial charge in [0.15, 0.2) is 10.9 Å². The number of fused-ring (bicyclic) bond motifs is 1. The molecule has 1 N–H and O–H groups in total. The van der Waals surface area contributed by atoms with E-state index in [1.807, 2.05) is 31.2 Å². The number of thioether (sulfide) groups is 1. The number of amidine groups is 1. The summed E-state index contributed by atoms with van der Waals surface area (Å²) in [5, 5.41) is 12.9. The summed E-state index contributed by atoms with van der Waals surface area (Å²) < 4.78 is 32.2. The van der Waals surface area contributed by atoms with Crippen LogP contribution in [0.15, 0.2) is 75.8 Å². The summed E-state index contributed by atoms with van der Waals surface area (Å²) in [6.45, 7) is 2.02. The van der Waals surface area contributed by atoms with Crippen molar-refractivity contribution in [3.8, 4) is 5.75 Å². The SMILES string of the molecule is CCCC1S/C(=N/N=Cc2c(OS(=O)(=O)c3ccc(I)cc3)ccc3ccccc23)NC1=O. The number of rotatable bonds is 7. The van der Waals surface area contributed by atoms with E-state index >= 15 is 0 Å². The van der Waals surface area contributed by atoms with Crippen molar-refractivity contribution >= 4 is 72.5 Å². The maximum atomic E-state index is 12.9. The molecule has 1 fully saturated rings. The second-order valence-corrected chi connectivity index (χ2v) is 11.2. The number of nitrogens with one attached hydrogen (secondary N) is 1. The van der Waals surface area contributed by atoms with Gasteiger partial charge in [-0.15, -0.1) is 5.10 Å². The average Bonchev–Trinajstić information content (AvgIpc) is 3.14. The van der Waals surface area contributed by atoms with E-state index in [1.54, 1.807) is 24.3 Å². The Morgan fingerprint density at radius 3 is 2.64 bits per heavy atom. The Morgan fingerprint density at radius 2 is 1.88 bits per heavy atom. The third-order valence-electron chi connectivity index (χ3n) is 4.90. The predicted octanol–water partition coefficient (Wildman–Crippen LogP) is 4.93. The van der Waals surface area contributed by atoms with Crippen LogP contribution in [-0.2, 0) is 14.9 Å². The summed E-state index contributed by atoms with van der Waals surface area (Å²) in [7, 11) is -4.04. The molecule has 0 bridgehead atoms. The third kappa shape index (κ3) is 5.56. The van der Waals surface area contributed by atoms with Crippen LogP contribution in [0.5, 0.6) is 5.75 Å². The number of benzene rings is 3. The Labute approximate surface area is 210 Å². The zero-order valence-corrected chi connectivity index (χ0v) is 21.4.